The zero-order chi connectivity index (χ0) is 13.1. The van der Waals surface area contributed by atoms with Crippen LogP contribution in [0, 0.1) is 11.7 Å². The zero-order valence-electron chi connectivity index (χ0n) is 10.7. The van der Waals surface area contributed by atoms with Gasteiger partial charge in [0.05, 0.1) is 0 Å². The number of hydrogen-bond acceptors (Lipinski definition) is 2. The fourth-order valence-electron chi connectivity index (χ4n) is 2.64. The first kappa shape index (κ1) is 14.0. The Balaban J connectivity index is 2.10. The fourth-order valence-corrected chi connectivity index (χ4v) is 3.05. The second-order valence-electron chi connectivity index (χ2n) is 5.23. The molecular formula is C14H20BrFN2. The smallest absolute Gasteiger partial charge is 0.127 e. The summed E-state index contributed by atoms with van der Waals surface area (Å²) in [5.74, 6) is 0.592. The molecule has 2 rings (SSSR count). The van der Waals surface area contributed by atoms with Crippen molar-refractivity contribution in [2.24, 2.45) is 11.7 Å². The highest BCUT2D eigenvalue weighted by atomic mass is 79.9. The molecule has 2 N–H and O–H groups in total. The van der Waals surface area contributed by atoms with Gasteiger partial charge in [-0.15, -0.1) is 0 Å². The first-order chi connectivity index (χ1) is 8.60. The molecule has 2 unspecified atom stereocenters. The number of halogens is 2. The lowest BCUT2D eigenvalue weighted by molar-refractivity contribution is 0.114. The first-order valence-electron chi connectivity index (χ1n) is 6.48. The number of hydrogen-bond donors (Lipinski definition) is 1. The van der Waals surface area contributed by atoms with E-state index >= 15 is 0 Å². The Bertz CT molecular complexity index is 411. The second kappa shape index (κ2) is 6.13. The zero-order valence-corrected chi connectivity index (χ0v) is 12.3. The molecule has 2 atom stereocenters. The summed E-state index contributed by atoms with van der Waals surface area (Å²) in [5.41, 5.74) is 6.58. The van der Waals surface area contributed by atoms with Crippen LogP contribution in [-0.2, 0) is 6.54 Å². The van der Waals surface area contributed by atoms with Crippen LogP contribution in [0.4, 0.5) is 4.39 Å². The first-order valence-corrected chi connectivity index (χ1v) is 7.27. The van der Waals surface area contributed by atoms with Crippen molar-refractivity contribution in [3.05, 3.63) is 34.1 Å². The van der Waals surface area contributed by atoms with Crippen molar-refractivity contribution in [1.29, 1.82) is 0 Å². The highest BCUT2D eigenvalue weighted by molar-refractivity contribution is 9.10. The number of nitrogens with two attached hydrogens (primary N) is 1. The van der Waals surface area contributed by atoms with Gasteiger partial charge in [0, 0.05) is 29.2 Å². The third kappa shape index (κ3) is 3.31. The van der Waals surface area contributed by atoms with Gasteiger partial charge in [-0.1, -0.05) is 22.9 Å². The summed E-state index contributed by atoms with van der Waals surface area (Å²) < 4.78 is 14.7. The third-order valence-corrected chi connectivity index (χ3v) is 4.25. The van der Waals surface area contributed by atoms with E-state index in [1.54, 1.807) is 6.07 Å². The molecule has 1 aromatic carbocycles. The molecule has 0 aliphatic carbocycles. The maximum Gasteiger partial charge on any atom is 0.127 e. The van der Waals surface area contributed by atoms with Gasteiger partial charge in [0.1, 0.15) is 5.82 Å². The van der Waals surface area contributed by atoms with Crippen LogP contribution in [0.5, 0.6) is 0 Å². The van der Waals surface area contributed by atoms with E-state index in [1.807, 2.05) is 6.07 Å². The Hall–Kier alpha value is -0.450. The van der Waals surface area contributed by atoms with Crippen LogP contribution >= 0.6 is 15.9 Å². The maximum absolute atomic E-state index is 13.8. The summed E-state index contributed by atoms with van der Waals surface area (Å²) in [6.45, 7) is 4.58. The predicted octanol–water partition coefficient (Wildman–Crippen LogP) is 3.15. The van der Waals surface area contributed by atoms with Gasteiger partial charge in [-0.05, 0) is 43.5 Å². The summed E-state index contributed by atoms with van der Waals surface area (Å²) in [5, 5.41) is 0. The molecule has 100 valence electrons. The van der Waals surface area contributed by atoms with Gasteiger partial charge in [0.2, 0.25) is 0 Å². The van der Waals surface area contributed by atoms with Crippen LogP contribution in [0.3, 0.4) is 0 Å². The van der Waals surface area contributed by atoms with E-state index < -0.39 is 0 Å². The number of rotatable bonds is 3. The van der Waals surface area contributed by atoms with Gasteiger partial charge in [-0.25, -0.2) is 4.39 Å². The molecule has 0 spiro atoms. The van der Waals surface area contributed by atoms with E-state index in [9.17, 15) is 4.39 Å². The van der Waals surface area contributed by atoms with Gasteiger partial charge < -0.3 is 5.73 Å². The van der Waals surface area contributed by atoms with E-state index in [-0.39, 0.29) is 5.82 Å². The molecule has 0 bridgehead atoms. The number of piperidine rings is 1. The lowest BCUT2D eigenvalue weighted by Gasteiger charge is -2.38. The van der Waals surface area contributed by atoms with E-state index in [4.69, 9.17) is 5.73 Å². The van der Waals surface area contributed by atoms with Gasteiger partial charge in [-0.3, -0.25) is 4.90 Å². The summed E-state index contributed by atoms with van der Waals surface area (Å²) in [7, 11) is 0. The molecule has 0 radical (unpaired) electrons. The third-order valence-electron chi connectivity index (χ3n) is 3.75. The van der Waals surface area contributed by atoms with Gasteiger partial charge in [0.15, 0.2) is 0 Å². The molecule has 18 heavy (non-hydrogen) atoms. The topological polar surface area (TPSA) is 29.3 Å². The number of nitrogens with zero attached hydrogens (tertiary/aromatic N) is 1. The average molecular weight is 315 g/mol. The molecule has 0 saturated carbocycles. The van der Waals surface area contributed by atoms with E-state index in [0.29, 0.717) is 19.1 Å². The highest BCUT2D eigenvalue weighted by Gasteiger charge is 2.25. The summed E-state index contributed by atoms with van der Waals surface area (Å²) in [6, 6.07) is 5.49. The molecule has 1 heterocycles. The largest absolute Gasteiger partial charge is 0.329 e. The van der Waals surface area contributed by atoms with Crippen molar-refractivity contribution in [3.8, 4) is 0 Å². The van der Waals surface area contributed by atoms with Crippen molar-refractivity contribution in [2.75, 3.05) is 13.1 Å². The minimum absolute atomic E-state index is 0.132. The molecule has 1 fully saturated rings. The molecule has 0 amide bonds. The molecule has 4 heteroatoms. The Kier molecular flexibility index (Phi) is 4.76. The predicted molar refractivity (Wildman–Crippen MR) is 75.8 cm³/mol. The highest BCUT2D eigenvalue weighted by Crippen LogP contribution is 2.25. The standard InChI is InChI=1S/C14H20BrFN2/c1-10-4-5-18(13(6-10)8-17)9-11-7-12(15)2-3-14(11)16/h2-3,7,10,13H,4-6,8-9,17H2,1H3. The minimum atomic E-state index is -0.132. The van der Waals surface area contributed by atoms with Crippen LogP contribution in [0.25, 0.3) is 0 Å². The minimum Gasteiger partial charge on any atom is -0.329 e. The Morgan fingerprint density at radius 1 is 1.50 bits per heavy atom. The quantitative estimate of drug-likeness (QED) is 0.928. The second-order valence-corrected chi connectivity index (χ2v) is 6.14. The van der Waals surface area contributed by atoms with E-state index in [0.717, 1.165) is 28.9 Å². The van der Waals surface area contributed by atoms with Crippen LogP contribution in [0.2, 0.25) is 0 Å². The Morgan fingerprint density at radius 2 is 2.28 bits per heavy atom. The van der Waals surface area contributed by atoms with Crippen molar-refractivity contribution < 1.29 is 4.39 Å². The molecule has 1 aliphatic heterocycles. The summed E-state index contributed by atoms with van der Waals surface area (Å²) >= 11 is 3.39. The van der Waals surface area contributed by atoms with Crippen LogP contribution in [0.15, 0.2) is 22.7 Å². The van der Waals surface area contributed by atoms with E-state index in [1.165, 1.54) is 12.5 Å². The fraction of sp³-hybridized carbons (Fsp3) is 0.571. The Morgan fingerprint density at radius 3 is 3.00 bits per heavy atom. The van der Waals surface area contributed by atoms with E-state index in [2.05, 4.69) is 27.8 Å². The summed E-state index contributed by atoms with van der Waals surface area (Å²) in [4.78, 5) is 2.31. The van der Waals surface area contributed by atoms with Gasteiger partial charge >= 0.3 is 0 Å². The molecule has 1 saturated heterocycles. The summed E-state index contributed by atoms with van der Waals surface area (Å²) in [6.07, 6.45) is 2.29. The van der Waals surface area contributed by atoms with Crippen molar-refractivity contribution in [3.63, 3.8) is 0 Å². The molecular weight excluding hydrogens is 295 g/mol. The van der Waals surface area contributed by atoms with Gasteiger partial charge in [-0.2, -0.15) is 0 Å². The van der Waals surface area contributed by atoms with Crippen molar-refractivity contribution in [2.45, 2.75) is 32.4 Å². The monoisotopic (exact) mass is 314 g/mol. The molecule has 0 aromatic heterocycles. The van der Waals surface area contributed by atoms with Gasteiger partial charge in [0.25, 0.3) is 0 Å². The Labute approximate surface area is 116 Å². The maximum atomic E-state index is 13.8. The molecule has 2 nitrogen and oxygen atoms in total. The molecule has 1 aromatic rings. The number of likely N-dealkylation sites (tertiary alicyclic amines) is 1. The molecule has 1 aliphatic rings. The normalized spacial score (nSPS) is 25.3. The SMILES string of the molecule is CC1CCN(Cc2cc(Br)ccc2F)C(CN)C1. The lowest BCUT2D eigenvalue weighted by Crippen LogP contribution is -2.45. The van der Waals surface area contributed by atoms with Crippen molar-refractivity contribution >= 4 is 15.9 Å². The van der Waals surface area contributed by atoms with Crippen LogP contribution in [-0.4, -0.2) is 24.0 Å². The average Bonchev–Trinajstić information content (AvgIpc) is 2.36. The lowest BCUT2D eigenvalue weighted by atomic mass is 9.92. The van der Waals surface area contributed by atoms with Crippen molar-refractivity contribution in [1.82, 2.24) is 4.90 Å². The van der Waals surface area contributed by atoms with Crippen LogP contribution < -0.4 is 5.73 Å². The van der Waals surface area contributed by atoms with Crippen LogP contribution in [0.1, 0.15) is 25.3 Å². The number of benzene rings is 1.